The first-order chi connectivity index (χ1) is 16.2. The van der Waals surface area contributed by atoms with Crippen molar-refractivity contribution < 1.29 is 9.53 Å². The number of pyridine rings is 1. The molecule has 1 aromatic carbocycles. The zero-order valence-corrected chi connectivity index (χ0v) is 20.0. The number of hydrogen-bond donors (Lipinski definition) is 1. The molecule has 0 spiro atoms. The van der Waals surface area contributed by atoms with E-state index in [-0.39, 0.29) is 11.8 Å². The Labute approximate surface area is 198 Å². The average molecular weight is 457 g/mol. The second-order valence-electron chi connectivity index (χ2n) is 9.86. The number of hydrogen-bond acceptors (Lipinski definition) is 6. The Morgan fingerprint density at radius 3 is 2.68 bits per heavy atom. The number of carbonyl (C=O) groups is 1. The molecular formula is C26H28N6O2. The van der Waals surface area contributed by atoms with E-state index in [2.05, 4.69) is 26.4 Å². The number of anilines is 1. The lowest BCUT2D eigenvalue weighted by molar-refractivity contribution is 0.0636. The Morgan fingerprint density at radius 2 is 1.97 bits per heavy atom. The van der Waals surface area contributed by atoms with Crippen molar-refractivity contribution in [1.82, 2.24) is 24.7 Å². The molecule has 3 heterocycles. The van der Waals surface area contributed by atoms with Crippen molar-refractivity contribution in [2.45, 2.75) is 51.6 Å². The van der Waals surface area contributed by atoms with Gasteiger partial charge in [0.05, 0.1) is 11.7 Å². The molecule has 0 unspecified atom stereocenters. The van der Waals surface area contributed by atoms with E-state index in [0.717, 1.165) is 45.7 Å². The molecule has 8 nitrogen and oxygen atoms in total. The van der Waals surface area contributed by atoms with Gasteiger partial charge in [-0.05, 0) is 63.9 Å². The van der Waals surface area contributed by atoms with Crippen LogP contribution in [0.15, 0.2) is 48.9 Å². The van der Waals surface area contributed by atoms with Crippen molar-refractivity contribution in [1.29, 1.82) is 0 Å². The molecule has 4 aromatic rings. The molecule has 1 fully saturated rings. The molecule has 1 aliphatic rings. The number of aryl methyl sites for hydroxylation is 2. The molecule has 0 radical (unpaired) electrons. The Hall–Kier alpha value is -3.81. The maximum Gasteiger partial charge on any atom is 0.412 e. The normalized spacial score (nSPS) is 17.6. The lowest BCUT2D eigenvalue weighted by Gasteiger charge is -2.19. The molecule has 1 N–H and O–H groups in total. The van der Waals surface area contributed by atoms with Gasteiger partial charge < -0.3 is 4.74 Å². The summed E-state index contributed by atoms with van der Waals surface area (Å²) in [5.74, 6) is 1.38. The number of benzene rings is 1. The van der Waals surface area contributed by atoms with E-state index in [9.17, 15) is 4.79 Å². The van der Waals surface area contributed by atoms with Gasteiger partial charge in [-0.15, -0.1) is 0 Å². The smallest absolute Gasteiger partial charge is 0.412 e. The minimum absolute atomic E-state index is 0.254. The van der Waals surface area contributed by atoms with Crippen LogP contribution in [0.5, 0.6) is 0 Å². The fourth-order valence-electron chi connectivity index (χ4n) is 4.19. The molecule has 1 saturated carbocycles. The van der Waals surface area contributed by atoms with Crippen molar-refractivity contribution in [3.05, 3.63) is 66.1 Å². The van der Waals surface area contributed by atoms with Crippen LogP contribution in [-0.4, -0.2) is 36.4 Å². The van der Waals surface area contributed by atoms with Gasteiger partial charge in [-0.3, -0.25) is 15.0 Å². The molecule has 1 aliphatic carbocycles. The first-order valence-electron chi connectivity index (χ1n) is 11.4. The Morgan fingerprint density at radius 1 is 1.15 bits per heavy atom. The standard InChI is InChI=1S/C26H28N6O2/c1-15-8-9-27-24(29-15)21-11-20(21)23-12-19(16-13-28-32(5)14-16)18-7-6-17(10-22(18)31-23)30-25(33)34-26(2,3)4/h6-10,12-14,20-21H,11H2,1-5H3,(H,30,33)/t20-,21-/m0/s1. The van der Waals surface area contributed by atoms with Crippen molar-refractivity contribution in [3.63, 3.8) is 0 Å². The molecule has 0 bridgehead atoms. The first kappa shape index (κ1) is 22.0. The molecule has 8 heteroatoms. The molecule has 0 saturated heterocycles. The van der Waals surface area contributed by atoms with Crippen LogP contribution in [0.25, 0.3) is 22.0 Å². The average Bonchev–Trinajstić information content (AvgIpc) is 3.45. The van der Waals surface area contributed by atoms with E-state index in [1.807, 2.05) is 77.6 Å². The monoisotopic (exact) mass is 456 g/mol. The van der Waals surface area contributed by atoms with Gasteiger partial charge in [-0.2, -0.15) is 5.10 Å². The van der Waals surface area contributed by atoms with Crippen LogP contribution in [0.2, 0.25) is 0 Å². The molecular weight excluding hydrogens is 428 g/mol. The molecule has 174 valence electrons. The lowest BCUT2D eigenvalue weighted by Crippen LogP contribution is -2.27. The molecule has 34 heavy (non-hydrogen) atoms. The van der Waals surface area contributed by atoms with Gasteiger partial charge in [0.1, 0.15) is 11.4 Å². The second-order valence-corrected chi connectivity index (χ2v) is 9.86. The van der Waals surface area contributed by atoms with Crippen LogP contribution in [0, 0.1) is 6.92 Å². The van der Waals surface area contributed by atoms with Gasteiger partial charge in [0.15, 0.2) is 0 Å². The zero-order chi connectivity index (χ0) is 24.0. The summed E-state index contributed by atoms with van der Waals surface area (Å²) >= 11 is 0. The number of amides is 1. The van der Waals surface area contributed by atoms with Crippen LogP contribution in [-0.2, 0) is 11.8 Å². The Kier molecular flexibility index (Phi) is 5.31. The topological polar surface area (TPSA) is 94.8 Å². The largest absolute Gasteiger partial charge is 0.444 e. The maximum atomic E-state index is 12.3. The summed E-state index contributed by atoms with van der Waals surface area (Å²) in [4.78, 5) is 26.4. The minimum Gasteiger partial charge on any atom is -0.444 e. The van der Waals surface area contributed by atoms with Gasteiger partial charge in [-0.25, -0.2) is 14.8 Å². The highest BCUT2D eigenvalue weighted by atomic mass is 16.6. The predicted octanol–water partition coefficient (Wildman–Crippen LogP) is 5.35. The number of fused-ring (bicyclic) bond motifs is 1. The summed E-state index contributed by atoms with van der Waals surface area (Å²) < 4.78 is 7.19. The SMILES string of the molecule is Cc1ccnc([C@H]2C[C@@H]2c2cc(-c3cnn(C)c3)c3ccc(NC(=O)OC(C)(C)C)cc3n2)n1. The van der Waals surface area contributed by atoms with Crippen LogP contribution in [0.3, 0.4) is 0 Å². The summed E-state index contributed by atoms with van der Waals surface area (Å²) in [6.45, 7) is 7.50. The van der Waals surface area contributed by atoms with Crippen molar-refractivity contribution in [3.8, 4) is 11.1 Å². The number of ether oxygens (including phenoxy) is 1. The van der Waals surface area contributed by atoms with Crippen molar-refractivity contribution >= 4 is 22.7 Å². The fourth-order valence-corrected chi connectivity index (χ4v) is 4.19. The zero-order valence-electron chi connectivity index (χ0n) is 20.0. The van der Waals surface area contributed by atoms with Crippen LogP contribution in [0.1, 0.15) is 56.2 Å². The number of carbonyl (C=O) groups excluding carboxylic acids is 1. The van der Waals surface area contributed by atoms with E-state index in [1.54, 1.807) is 4.68 Å². The third kappa shape index (κ3) is 4.62. The summed E-state index contributed by atoms with van der Waals surface area (Å²) in [5, 5.41) is 8.17. The Balaban J connectivity index is 1.53. The van der Waals surface area contributed by atoms with Crippen molar-refractivity contribution in [2.24, 2.45) is 7.05 Å². The lowest BCUT2D eigenvalue weighted by atomic mass is 10.0. The summed E-state index contributed by atoms with van der Waals surface area (Å²) in [6, 6.07) is 9.81. The number of aromatic nitrogens is 5. The van der Waals surface area contributed by atoms with Crippen molar-refractivity contribution in [2.75, 3.05) is 5.32 Å². The maximum absolute atomic E-state index is 12.3. The first-order valence-corrected chi connectivity index (χ1v) is 11.4. The number of rotatable bonds is 4. The highest BCUT2D eigenvalue weighted by Crippen LogP contribution is 2.53. The minimum atomic E-state index is -0.571. The molecule has 0 aliphatic heterocycles. The van der Waals surface area contributed by atoms with Gasteiger partial charge >= 0.3 is 6.09 Å². The number of nitrogens with zero attached hydrogens (tertiary/aromatic N) is 5. The van der Waals surface area contributed by atoms with E-state index in [0.29, 0.717) is 5.69 Å². The van der Waals surface area contributed by atoms with E-state index >= 15 is 0 Å². The summed E-state index contributed by atoms with van der Waals surface area (Å²) in [5.41, 5.74) is 4.92. The fraction of sp³-hybridized carbons (Fsp3) is 0.346. The van der Waals surface area contributed by atoms with Gasteiger partial charge in [0.25, 0.3) is 0 Å². The predicted molar refractivity (Wildman–Crippen MR) is 131 cm³/mol. The van der Waals surface area contributed by atoms with Gasteiger partial charge in [-0.1, -0.05) is 6.07 Å². The summed E-state index contributed by atoms with van der Waals surface area (Å²) in [7, 11) is 1.91. The highest BCUT2D eigenvalue weighted by Gasteiger charge is 2.43. The Bertz CT molecular complexity index is 1390. The highest BCUT2D eigenvalue weighted by molar-refractivity contribution is 5.97. The third-order valence-corrected chi connectivity index (χ3v) is 5.81. The van der Waals surface area contributed by atoms with E-state index in [1.165, 1.54) is 0 Å². The molecule has 2 atom stereocenters. The summed E-state index contributed by atoms with van der Waals surface area (Å²) in [6.07, 6.45) is 6.15. The van der Waals surface area contributed by atoms with Crippen LogP contribution >= 0.6 is 0 Å². The van der Waals surface area contributed by atoms with E-state index in [4.69, 9.17) is 9.72 Å². The quantitative estimate of drug-likeness (QED) is 0.445. The van der Waals surface area contributed by atoms with Crippen LogP contribution in [0.4, 0.5) is 10.5 Å². The van der Waals surface area contributed by atoms with Crippen LogP contribution < -0.4 is 5.32 Å². The van der Waals surface area contributed by atoms with E-state index < -0.39 is 11.7 Å². The third-order valence-electron chi connectivity index (χ3n) is 5.81. The van der Waals surface area contributed by atoms with Gasteiger partial charge in [0, 0.05) is 59.3 Å². The van der Waals surface area contributed by atoms with Gasteiger partial charge in [0.2, 0.25) is 0 Å². The molecule has 3 aromatic heterocycles. The molecule has 1 amide bonds. The number of nitrogens with one attached hydrogen (secondary N) is 1. The second kappa shape index (κ2) is 8.20. The molecule has 5 rings (SSSR count).